The Balaban J connectivity index is 1.35. The molecule has 1 aliphatic rings. The second kappa shape index (κ2) is 14.6. The number of halogens is 4. The van der Waals surface area contributed by atoms with Crippen molar-refractivity contribution in [1.82, 2.24) is 15.0 Å². The Morgan fingerprint density at radius 3 is 2.59 bits per heavy atom. The van der Waals surface area contributed by atoms with Gasteiger partial charge in [0, 0.05) is 50.1 Å². The molecular weight excluding hydrogens is 621 g/mol. The highest BCUT2D eigenvalue weighted by Crippen LogP contribution is 2.35. The Kier molecular flexibility index (Phi) is 10.4. The Hall–Kier alpha value is -4.68. The fourth-order valence-electron chi connectivity index (χ4n) is 5.20. The van der Waals surface area contributed by atoms with Crippen molar-refractivity contribution in [2.45, 2.75) is 38.4 Å². The summed E-state index contributed by atoms with van der Waals surface area (Å²) in [5, 5.41) is 15.4. The third-order valence-corrected chi connectivity index (χ3v) is 7.83. The summed E-state index contributed by atoms with van der Waals surface area (Å²) in [5.74, 6) is -1.08. The molecule has 0 spiro atoms. The number of anilines is 2. The van der Waals surface area contributed by atoms with E-state index < -0.39 is 28.6 Å². The lowest BCUT2D eigenvalue weighted by Crippen LogP contribution is -2.30. The number of amides is 2. The lowest BCUT2D eigenvalue weighted by Gasteiger charge is -2.29. The van der Waals surface area contributed by atoms with Gasteiger partial charge in [-0.25, -0.2) is 10.4 Å². The van der Waals surface area contributed by atoms with Gasteiger partial charge in [0.15, 0.2) is 0 Å². The Morgan fingerprint density at radius 1 is 1.02 bits per heavy atom. The van der Waals surface area contributed by atoms with E-state index in [0.29, 0.717) is 18.5 Å². The minimum absolute atomic E-state index is 0.00317. The molecule has 240 valence electrons. The molecule has 3 aromatic carbocycles. The van der Waals surface area contributed by atoms with Gasteiger partial charge >= 0.3 is 6.18 Å². The van der Waals surface area contributed by atoms with Crippen LogP contribution in [-0.2, 0) is 19.1 Å². The zero-order valence-corrected chi connectivity index (χ0v) is 25.5. The minimum Gasteiger partial charge on any atom is -0.396 e. The predicted octanol–water partition coefficient (Wildman–Crippen LogP) is 6.14. The molecule has 13 heteroatoms. The van der Waals surface area contributed by atoms with E-state index in [1.54, 1.807) is 36.7 Å². The number of aliphatic hydroxyl groups excluding tert-OH is 1. The second-order valence-corrected chi connectivity index (χ2v) is 11.3. The third-order valence-electron chi connectivity index (χ3n) is 7.50. The molecule has 0 atom stereocenters. The molecule has 2 amide bonds. The van der Waals surface area contributed by atoms with Gasteiger partial charge in [0.2, 0.25) is 0 Å². The number of carbonyl (C=O) groups excluding carboxylic acids is 2. The van der Waals surface area contributed by atoms with Crippen molar-refractivity contribution < 1.29 is 27.9 Å². The first-order valence-electron chi connectivity index (χ1n) is 14.7. The summed E-state index contributed by atoms with van der Waals surface area (Å²) in [4.78, 5) is 33.2. The number of nitrogens with one attached hydrogen (secondary N) is 2. The average Bonchev–Trinajstić information content (AvgIpc) is 3.48. The van der Waals surface area contributed by atoms with E-state index in [-0.39, 0.29) is 23.4 Å². The fourth-order valence-corrected chi connectivity index (χ4v) is 5.42. The van der Waals surface area contributed by atoms with E-state index in [1.165, 1.54) is 6.07 Å². The molecule has 46 heavy (non-hydrogen) atoms. The van der Waals surface area contributed by atoms with Crippen LogP contribution in [0.4, 0.5) is 24.5 Å². The molecule has 0 unspecified atom stereocenters. The lowest BCUT2D eigenvalue weighted by molar-refractivity contribution is -0.137. The van der Waals surface area contributed by atoms with E-state index in [4.69, 9.17) is 16.7 Å². The lowest BCUT2D eigenvalue weighted by atomic mass is 10.1. The molecular formula is C33H32ClF3N6O3. The van der Waals surface area contributed by atoms with Crippen LogP contribution in [0.2, 0.25) is 5.02 Å². The van der Waals surface area contributed by atoms with Gasteiger partial charge < -0.3 is 19.9 Å². The molecule has 1 saturated heterocycles. The van der Waals surface area contributed by atoms with E-state index in [0.717, 1.165) is 67.6 Å². The quantitative estimate of drug-likeness (QED) is 0.141. The van der Waals surface area contributed by atoms with E-state index in [2.05, 4.69) is 25.7 Å². The molecule has 3 N–H and O–H groups in total. The van der Waals surface area contributed by atoms with Crippen LogP contribution in [0.1, 0.15) is 62.4 Å². The van der Waals surface area contributed by atoms with Crippen LogP contribution in [0.3, 0.4) is 0 Å². The average molecular weight is 653 g/mol. The van der Waals surface area contributed by atoms with Crippen LogP contribution in [0.15, 0.2) is 78.3 Å². The van der Waals surface area contributed by atoms with Crippen LogP contribution in [0, 0.1) is 0 Å². The smallest absolute Gasteiger partial charge is 0.396 e. The number of imidazole rings is 1. The first kappa shape index (κ1) is 32.7. The molecule has 0 bridgehead atoms. The number of piperidine rings is 1. The highest BCUT2D eigenvalue weighted by molar-refractivity contribution is 6.31. The number of carbonyl (C=O) groups is 2. The molecule has 9 nitrogen and oxygen atoms in total. The Labute approximate surface area is 268 Å². The first-order chi connectivity index (χ1) is 22.1. The molecule has 1 aromatic heterocycles. The van der Waals surface area contributed by atoms with Crippen LogP contribution in [-0.4, -0.2) is 52.4 Å². The Bertz CT molecular complexity index is 1730. The fraction of sp³-hybridized carbons (Fsp3) is 0.273. The number of aliphatic hydroxyl groups is 1. The van der Waals surface area contributed by atoms with Crippen molar-refractivity contribution in [2.24, 2.45) is 5.10 Å². The maximum absolute atomic E-state index is 13.4. The number of benzene rings is 3. The standard InChI is InChI=1S/C33H32ClF3N6O3/c34-29-9-7-22(16-28(29)33(35,36)37)18-39-41-32(46)27-17-26(43-12-2-1-3-13-43)8-10-30(27)40-31(45)24-6-4-5-23(15-24)19-42-20-25(11-14-44)38-21-42/h4-10,15-18,20-21,44H,1-3,11-14,19H2,(H,40,45)(H,41,46). The summed E-state index contributed by atoms with van der Waals surface area (Å²) >= 11 is 5.70. The van der Waals surface area contributed by atoms with Crippen molar-refractivity contribution in [3.63, 3.8) is 0 Å². The van der Waals surface area contributed by atoms with Gasteiger partial charge in [0.05, 0.1) is 40.1 Å². The molecule has 2 heterocycles. The first-order valence-corrected chi connectivity index (χ1v) is 15.1. The van der Waals surface area contributed by atoms with Gasteiger partial charge in [-0.15, -0.1) is 0 Å². The maximum atomic E-state index is 13.4. The monoisotopic (exact) mass is 652 g/mol. The van der Waals surface area contributed by atoms with Gasteiger partial charge in [0.25, 0.3) is 11.8 Å². The molecule has 0 radical (unpaired) electrons. The summed E-state index contributed by atoms with van der Waals surface area (Å²) < 4.78 is 41.6. The number of rotatable bonds is 10. The van der Waals surface area contributed by atoms with E-state index in [9.17, 15) is 22.8 Å². The van der Waals surface area contributed by atoms with Gasteiger partial charge in [-0.1, -0.05) is 29.8 Å². The highest BCUT2D eigenvalue weighted by atomic mass is 35.5. The number of alkyl halides is 3. The van der Waals surface area contributed by atoms with Crippen molar-refractivity contribution >= 4 is 41.0 Å². The predicted molar refractivity (Wildman–Crippen MR) is 171 cm³/mol. The van der Waals surface area contributed by atoms with E-state index in [1.807, 2.05) is 22.9 Å². The second-order valence-electron chi connectivity index (χ2n) is 10.9. The summed E-state index contributed by atoms with van der Waals surface area (Å²) in [7, 11) is 0. The van der Waals surface area contributed by atoms with Crippen LogP contribution >= 0.6 is 11.6 Å². The molecule has 4 aromatic rings. The van der Waals surface area contributed by atoms with Crippen LogP contribution in [0.25, 0.3) is 0 Å². The van der Waals surface area contributed by atoms with E-state index >= 15 is 0 Å². The number of hydrogen-bond acceptors (Lipinski definition) is 6. The summed E-state index contributed by atoms with van der Waals surface area (Å²) in [6.45, 7) is 2.12. The van der Waals surface area contributed by atoms with Crippen LogP contribution in [0.5, 0.6) is 0 Å². The summed E-state index contributed by atoms with van der Waals surface area (Å²) in [6.07, 6.45) is 3.56. The largest absolute Gasteiger partial charge is 0.417 e. The van der Waals surface area contributed by atoms with Crippen molar-refractivity contribution in [3.8, 4) is 0 Å². The van der Waals surface area contributed by atoms with Crippen molar-refractivity contribution in [1.29, 1.82) is 0 Å². The summed E-state index contributed by atoms with van der Waals surface area (Å²) in [6, 6.07) is 15.5. The third kappa shape index (κ3) is 8.32. The van der Waals surface area contributed by atoms with Crippen molar-refractivity contribution in [2.75, 3.05) is 29.9 Å². The van der Waals surface area contributed by atoms with Crippen LogP contribution < -0.4 is 15.6 Å². The molecule has 0 aliphatic carbocycles. The van der Waals surface area contributed by atoms with Crippen molar-refractivity contribution in [3.05, 3.63) is 112 Å². The van der Waals surface area contributed by atoms with Gasteiger partial charge in [-0.3, -0.25) is 9.59 Å². The van der Waals surface area contributed by atoms with Gasteiger partial charge in [-0.2, -0.15) is 18.3 Å². The molecule has 0 saturated carbocycles. The minimum atomic E-state index is -4.64. The SMILES string of the molecule is O=C(Nc1ccc(N2CCCCC2)cc1C(=O)NN=Cc1ccc(Cl)c(C(F)(F)F)c1)c1cccc(Cn2cnc(CCO)c2)c1. The van der Waals surface area contributed by atoms with Gasteiger partial charge in [-0.05, 0) is 72.9 Å². The number of hydrazone groups is 1. The zero-order chi connectivity index (χ0) is 32.7. The van der Waals surface area contributed by atoms with Gasteiger partial charge in [0.1, 0.15) is 0 Å². The topological polar surface area (TPSA) is 112 Å². The zero-order valence-electron chi connectivity index (χ0n) is 24.7. The normalized spacial score (nSPS) is 13.6. The number of hydrogen-bond donors (Lipinski definition) is 3. The molecule has 5 rings (SSSR count). The maximum Gasteiger partial charge on any atom is 0.417 e. The highest BCUT2D eigenvalue weighted by Gasteiger charge is 2.33. The molecule has 1 fully saturated rings. The number of nitrogens with zero attached hydrogens (tertiary/aromatic N) is 4. The summed E-state index contributed by atoms with van der Waals surface area (Å²) in [5.41, 5.74) is 4.64. The molecule has 1 aliphatic heterocycles. The Morgan fingerprint density at radius 2 is 1.83 bits per heavy atom. The number of aromatic nitrogens is 2.